The van der Waals surface area contributed by atoms with Gasteiger partial charge in [-0.2, -0.15) is 0 Å². The van der Waals surface area contributed by atoms with E-state index in [1.165, 1.54) is 6.92 Å². The largest absolute Gasteiger partial charge is 0.668 e. The molecule has 0 bridgehead atoms. The average molecular weight is 4120 g/mol. The zero-order valence-corrected chi connectivity index (χ0v) is 121. The average Bonchev–Trinajstić information content (AvgIpc) is 0.831. The molecule has 110 heavy (non-hydrogen) atoms. The maximum atomic E-state index is 14.0. The van der Waals surface area contributed by atoms with E-state index in [1.54, 1.807) is 24.3 Å². The van der Waals surface area contributed by atoms with Crippen molar-refractivity contribution in [3.8, 4) is 5.75 Å². The Morgan fingerprint density at radius 1 is 0.436 bits per heavy atom. The second-order valence-electron chi connectivity index (χ2n) is 26.2. The van der Waals surface area contributed by atoms with Gasteiger partial charge in [-0.05, 0) is 110 Å². The Labute approximate surface area is 1080 Å². The van der Waals surface area contributed by atoms with Crippen LogP contribution in [-0.4, -0.2) is 268 Å². The zero-order chi connectivity index (χ0) is 72.5. The minimum Gasteiger partial charge on any atom is -0.668 e. The first-order valence-corrected chi connectivity index (χ1v) is 34.2. The van der Waals surface area contributed by atoms with Crippen molar-refractivity contribution in [2.75, 3.05) is 59.3 Å². The van der Waals surface area contributed by atoms with Gasteiger partial charge in [-0.1, -0.05) is 68.8 Å². The Hall–Kier alpha value is 12.0. The Morgan fingerprint density at radius 2 is 0.727 bits per heavy atom. The molecule has 45 heteroatoms. The number of nitrogens with one attached hydrogen (secondary N) is 9. The third kappa shape index (κ3) is 56.8. The van der Waals surface area contributed by atoms with Gasteiger partial charge in [0.15, 0.2) is 0 Å². The van der Waals surface area contributed by atoms with Crippen molar-refractivity contribution < 1.29 is 641 Å². The van der Waals surface area contributed by atoms with Gasteiger partial charge in [0, 0.05) is 587 Å². The molecular weight excluding hydrogens is 4010 g/mol. The molecule has 3 heterocycles. The second-order valence-corrected chi connectivity index (χ2v) is 26.2. The molecule has 3 saturated heterocycles. The normalized spacial score (nSPS) is 24.0. The minimum absolute atomic E-state index is 0. The Kier molecular flexibility index (Phi) is 103. The molecule has 0 aliphatic carbocycles. The molecule has 6 amide bonds. The van der Waals surface area contributed by atoms with E-state index < -0.39 is 183 Å². The van der Waals surface area contributed by atoms with Crippen LogP contribution in [0.15, 0.2) is 24.3 Å². The van der Waals surface area contributed by atoms with Gasteiger partial charge in [0.25, 0.3) is 0 Å². The molecule has 19 atom stereocenters. The molecule has 1 aromatic carbocycles. The summed E-state index contributed by atoms with van der Waals surface area (Å²) in [6.07, 6.45) is -10.2. The first-order chi connectivity index (χ1) is 46.6. The molecular formula is C65H111Ac12N10O23-3. The van der Waals surface area contributed by atoms with Gasteiger partial charge in [0.1, 0.15) is 90.8 Å². The van der Waals surface area contributed by atoms with E-state index in [2.05, 4.69) is 31.9 Å². The predicted octanol–water partition coefficient (Wildman–Crippen LogP) is -1.22. The summed E-state index contributed by atoms with van der Waals surface area (Å²) in [5.41, 5.74) is 31.0. The number of aliphatic hydroxyl groups excluding tert-OH is 9. The summed E-state index contributed by atoms with van der Waals surface area (Å²) >= 11 is 0. The topological polar surface area (TPSA) is 536 Å². The number of ketones is 1. The fourth-order valence-corrected chi connectivity index (χ4v) is 10.9. The van der Waals surface area contributed by atoms with Crippen molar-refractivity contribution in [3.63, 3.8) is 0 Å². The van der Waals surface area contributed by atoms with E-state index in [4.69, 9.17) is 56.1 Å². The maximum Gasteiger partial charge on any atom is 0.242 e. The number of Topliss-reactive ketones (excluding diaryl/α,β-unsaturated/α-hetero) is 1. The number of benzene rings is 1. The molecule has 12 radical (unpaired) electrons. The van der Waals surface area contributed by atoms with Crippen LogP contribution in [0.3, 0.4) is 0 Å². The quantitative estimate of drug-likeness (QED) is 0.0340. The van der Waals surface area contributed by atoms with Gasteiger partial charge in [0.2, 0.25) is 35.4 Å². The second kappa shape index (κ2) is 80.7. The number of aliphatic hydroxyl groups is 9. The van der Waals surface area contributed by atoms with Gasteiger partial charge in [-0.3, -0.25) is 28.8 Å². The first-order valence-electron chi connectivity index (χ1n) is 34.2. The number of unbranched alkanes of at least 4 members (excludes halogenated alkanes) is 9. The van der Waals surface area contributed by atoms with Crippen molar-refractivity contribution in [1.82, 2.24) is 31.9 Å². The van der Waals surface area contributed by atoms with Crippen molar-refractivity contribution in [2.45, 2.75) is 271 Å². The number of rotatable bonds is 46. The van der Waals surface area contributed by atoms with Crippen molar-refractivity contribution in [3.05, 3.63) is 47.0 Å². The first kappa shape index (κ1) is 140. The van der Waals surface area contributed by atoms with Crippen molar-refractivity contribution in [2.24, 2.45) is 5.73 Å². The molecule has 3 aliphatic heterocycles. The molecule has 19 unspecified atom stereocenters. The minimum atomic E-state index is -1.49. The molecule has 20 N–H and O–H groups in total. The summed E-state index contributed by atoms with van der Waals surface area (Å²) in [5.74, 6) is -3.55. The summed E-state index contributed by atoms with van der Waals surface area (Å²) < 4.78 is 39.1. The molecule has 0 spiro atoms. The van der Waals surface area contributed by atoms with Gasteiger partial charge in [0.05, 0.1) is 44.2 Å². The third-order valence-electron chi connectivity index (χ3n) is 16.8. The molecule has 3 aliphatic rings. The monoisotopic (exact) mass is 4120 g/mol. The van der Waals surface area contributed by atoms with E-state index in [0.717, 1.165) is 0 Å². The van der Waals surface area contributed by atoms with Crippen molar-refractivity contribution in [1.29, 1.82) is 0 Å². The maximum absolute atomic E-state index is 14.0. The molecule has 0 saturated carbocycles. The van der Waals surface area contributed by atoms with Crippen LogP contribution in [0.25, 0.3) is 17.2 Å². The van der Waals surface area contributed by atoms with E-state index in [1.807, 2.05) is 20.8 Å². The van der Waals surface area contributed by atoms with Gasteiger partial charge in [-0.15, -0.1) is 0 Å². The van der Waals surface area contributed by atoms with E-state index in [0.29, 0.717) is 88.4 Å². The third-order valence-corrected chi connectivity index (χ3v) is 16.8. The molecule has 0 aromatic heterocycles. The zero-order valence-electron chi connectivity index (χ0n) is 63.8. The molecule has 1 aromatic rings. The van der Waals surface area contributed by atoms with Crippen molar-refractivity contribution >= 4 is 41.2 Å². The van der Waals surface area contributed by atoms with E-state index >= 15 is 0 Å². The molecule has 598 valence electrons. The van der Waals surface area contributed by atoms with Crippen LogP contribution in [-0.2, 0) is 68.4 Å². The van der Waals surface area contributed by atoms with Crippen LogP contribution in [0, 0.1) is 529 Å². The number of nitrogens with two attached hydrogens (primary N) is 1. The van der Waals surface area contributed by atoms with Crippen LogP contribution in [0.2, 0.25) is 0 Å². The Bertz CT molecular complexity index is 2580. The van der Waals surface area contributed by atoms with Crippen LogP contribution >= 0.6 is 0 Å². The Morgan fingerprint density at radius 3 is 1.02 bits per heavy atom. The SMILES string of the molecule is CC(=O)CCC(NC(=O)CCC(NC(=O)CCC(NC(=O)C(N)Cc1ccc(OC(C)(C)C)cc1)C(=O)NCCCCCCOC1OC(CO)C(O)C(O)C1[NH-])C(=O)NCCCCCCOC1OC(CO)C(O)C(O)C1[NH-])C(=O)NCCCCCCOC1OC(CO)C(O)C(O)C1[NH-].[Ac].[Ac].[Ac].[Ac].[Ac].[Ac].[Ac].[Ac].[Ac].[Ac].[Ac].[Ac]. The van der Waals surface area contributed by atoms with E-state index in [9.17, 15) is 79.5 Å². The van der Waals surface area contributed by atoms with Crippen LogP contribution in [0.1, 0.15) is 149 Å². The van der Waals surface area contributed by atoms with Gasteiger partial charge >= 0.3 is 0 Å². The van der Waals surface area contributed by atoms with Gasteiger partial charge in [-0.25, -0.2) is 0 Å². The van der Waals surface area contributed by atoms with Crippen LogP contribution in [0.5, 0.6) is 5.75 Å². The van der Waals surface area contributed by atoms with Gasteiger partial charge < -0.3 is 139 Å². The summed E-state index contributed by atoms with van der Waals surface area (Å²) in [7, 11) is 0. The number of hydrogen-bond donors (Lipinski definition) is 16. The summed E-state index contributed by atoms with van der Waals surface area (Å²) in [6.45, 7) is 6.25. The molecule has 4 rings (SSSR count). The standard InChI is InChI=1S/C65H111N10O23.12Ac/c1-37(79)17-22-41(59(89)70-27-11-5-8-14-30-92-62-49(67)55(85)52(82)44(34-76)95-62)73-47(80)25-23-42(60(90)71-28-12-6-9-15-31-93-63-50(68)56(86)53(83)45(35-77)96-63)74-48(81)26-24-43(75-58(88)40(66)33-38-18-20-39(21-19-38)98-65(2,3)4)61(91)72-29-13-7-10-16-32-94-64-51(69)57(87)54(84)46(36-78)97-64;;;;;;;;;;;;/h18-21,40-46,49-57,62-64,67-69,76-78,82-87H,5-17,22-36,66H2,1-4H3,(H,70,89)(H,71,90)(H,72,91)(H,73,80)(H,74,81)(H,75,88);;;;;;;;;;;;/q-3;;;;;;;;;;;;. The Balaban J connectivity index is -0.00000121. The molecule has 33 nitrogen and oxygen atoms in total. The number of hydrogen-bond acceptors (Lipinski definition) is 24. The number of carbonyl (C=O) groups excluding carboxylic acids is 7. The summed E-state index contributed by atoms with van der Waals surface area (Å²) in [4.78, 5) is 94.8. The smallest absolute Gasteiger partial charge is 0.242 e. The fraction of sp³-hybridized carbons (Fsp3) is 0.800. The summed E-state index contributed by atoms with van der Waals surface area (Å²) in [5, 5.41) is 105. The number of carbonyl (C=O) groups is 7. The van der Waals surface area contributed by atoms with Crippen LogP contribution < -0.4 is 42.4 Å². The van der Waals surface area contributed by atoms with Crippen LogP contribution in [0.4, 0.5) is 0 Å². The predicted molar refractivity (Wildman–Crippen MR) is 353 cm³/mol. The molecule has 3 fully saturated rings. The number of amides is 6. The van der Waals surface area contributed by atoms with E-state index in [-0.39, 0.29) is 613 Å². The number of ether oxygens (including phenoxy) is 7. The fourth-order valence-electron chi connectivity index (χ4n) is 10.9. The summed E-state index contributed by atoms with van der Waals surface area (Å²) in [6, 6.07) is -1.76.